The summed E-state index contributed by atoms with van der Waals surface area (Å²) in [5, 5.41) is 23.2. The average Bonchev–Trinajstić information content (AvgIpc) is 3.40. The zero-order valence-electron chi connectivity index (χ0n) is 26.9. The minimum absolute atomic E-state index is 0.0805. The van der Waals surface area contributed by atoms with E-state index in [2.05, 4.69) is 0 Å². The number of ether oxygens (including phenoxy) is 3. The number of benzene rings is 3. The Bertz CT molecular complexity index is 1750. The number of esters is 1. The van der Waals surface area contributed by atoms with Gasteiger partial charge in [-0.05, 0) is 57.4 Å². The Labute approximate surface area is 275 Å². The van der Waals surface area contributed by atoms with Gasteiger partial charge < -0.3 is 23.9 Å². The maximum atomic E-state index is 14.9. The van der Waals surface area contributed by atoms with Crippen LogP contribution < -0.4 is 9.47 Å². The molecule has 1 saturated heterocycles. The van der Waals surface area contributed by atoms with Gasteiger partial charge in [0.2, 0.25) is 5.60 Å². The number of piperidine rings is 1. The molecular formula is C35H38F3N3O7. The highest BCUT2D eigenvalue weighted by Gasteiger charge is 2.57. The molecule has 2 heterocycles. The first kappa shape index (κ1) is 34.7. The van der Waals surface area contributed by atoms with Crippen LogP contribution in [0, 0.1) is 10.1 Å². The normalized spacial score (nSPS) is 16.0. The van der Waals surface area contributed by atoms with Gasteiger partial charge in [0, 0.05) is 55.5 Å². The van der Waals surface area contributed by atoms with Gasteiger partial charge in [-0.3, -0.25) is 15.0 Å². The van der Waals surface area contributed by atoms with Crippen LogP contribution in [0.3, 0.4) is 0 Å². The van der Waals surface area contributed by atoms with Gasteiger partial charge in [-0.15, -0.1) is 0 Å². The zero-order valence-corrected chi connectivity index (χ0v) is 26.9. The molecule has 0 aliphatic carbocycles. The Hall–Kier alpha value is -4.62. The Kier molecular flexibility index (Phi) is 10.0. The van der Waals surface area contributed by atoms with Crippen LogP contribution in [0.25, 0.3) is 10.9 Å². The van der Waals surface area contributed by atoms with E-state index >= 15 is 0 Å². The third kappa shape index (κ3) is 7.42. The molecule has 3 aromatic carbocycles. The summed E-state index contributed by atoms with van der Waals surface area (Å²) in [6, 6.07) is 19.5. The number of nitrogens with zero attached hydrogens (tertiary/aromatic N) is 3. The molecule has 1 aromatic heterocycles. The number of carbonyl (C=O) groups excluding carboxylic acids is 1. The summed E-state index contributed by atoms with van der Waals surface area (Å²) in [5.74, 6) is 0.184. The molecule has 1 aliphatic heterocycles. The van der Waals surface area contributed by atoms with Crippen molar-refractivity contribution in [1.29, 1.82) is 0 Å². The predicted octanol–water partition coefficient (Wildman–Crippen LogP) is 6.61. The summed E-state index contributed by atoms with van der Waals surface area (Å²) >= 11 is 0. The molecule has 1 aliphatic rings. The Morgan fingerprint density at radius 1 is 1.00 bits per heavy atom. The molecule has 1 unspecified atom stereocenters. The number of non-ortho nitro benzene ring substituents is 1. The number of carbonyl (C=O) groups is 1. The highest BCUT2D eigenvalue weighted by Crippen LogP contribution is 2.44. The van der Waals surface area contributed by atoms with E-state index in [1.54, 1.807) is 74.2 Å². The number of nitro benzene ring substituents is 1. The van der Waals surface area contributed by atoms with Crippen LogP contribution in [0.1, 0.15) is 44.7 Å². The molecule has 0 radical (unpaired) electrons. The number of aliphatic hydroxyl groups is 1. The smallest absolute Gasteiger partial charge is 0.422 e. The van der Waals surface area contributed by atoms with E-state index in [1.165, 1.54) is 22.9 Å². The number of nitro groups is 1. The number of β-amino-alcohol motifs (C(OH)–C–C–N with tert-alkyl or cyclic N) is 1. The standard InChI is InChI=1S/C35H38F3N3O7/c1-4-46-32(42)33(2,3)48-31-13-9-8-12-30(31)47-26-16-18-39(19-17-26)23-34(43,35(36,37)38)28-22-40(21-24-10-6-5-7-11-24)29-20-25(41(44)45)14-15-27(28)29/h5-15,20,22,26,43H,4,16-19,21,23H2,1-3H3. The van der Waals surface area contributed by atoms with Crippen LogP contribution in [-0.2, 0) is 21.7 Å². The topological polar surface area (TPSA) is 116 Å². The summed E-state index contributed by atoms with van der Waals surface area (Å²) < 4.78 is 63.5. The second kappa shape index (κ2) is 13.9. The van der Waals surface area contributed by atoms with Crippen LogP contribution in [0.2, 0.25) is 0 Å². The Morgan fingerprint density at radius 3 is 2.27 bits per heavy atom. The fourth-order valence-corrected chi connectivity index (χ4v) is 5.90. The first-order chi connectivity index (χ1) is 22.7. The first-order valence-corrected chi connectivity index (χ1v) is 15.7. The monoisotopic (exact) mass is 669 g/mol. The lowest BCUT2D eigenvalue weighted by Crippen LogP contribution is -2.53. The largest absolute Gasteiger partial charge is 0.486 e. The van der Waals surface area contributed by atoms with Crippen molar-refractivity contribution >= 4 is 22.6 Å². The number of likely N-dealkylation sites (tertiary alicyclic amines) is 1. The molecule has 1 N–H and O–H groups in total. The van der Waals surface area contributed by atoms with Gasteiger partial charge in [-0.1, -0.05) is 42.5 Å². The predicted molar refractivity (Wildman–Crippen MR) is 172 cm³/mol. The van der Waals surface area contributed by atoms with Gasteiger partial charge in [0.05, 0.1) is 17.0 Å². The molecule has 0 bridgehead atoms. The quantitative estimate of drug-likeness (QED) is 0.102. The van der Waals surface area contributed by atoms with Gasteiger partial charge in [-0.25, -0.2) is 4.79 Å². The van der Waals surface area contributed by atoms with Crippen molar-refractivity contribution in [3.8, 4) is 11.5 Å². The second-order valence-corrected chi connectivity index (χ2v) is 12.3. The minimum Gasteiger partial charge on any atom is -0.486 e. The maximum Gasteiger partial charge on any atom is 0.422 e. The molecule has 256 valence electrons. The van der Waals surface area contributed by atoms with Gasteiger partial charge in [0.25, 0.3) is 5.69 Å². The highest BCUT2D eigenvalue weighted by atomic mass is 19.4. The van der Waals surface area contributed by atoms with Crippen molar-refractivity contribution in [2.45, 2.75) is 63.6 Å². The Morgan fingerprint density at radius 2 is 1.65 bits per heavy atom. The highest BCUT2D eigenvalue weighted by molar-refractivity contribution is 5.87. The van der Waals surface area contributed by atoms with Crippen LogP contribution in [0.4, 0.5) is 18.9 Å². The molecule has 13 heteroatoms. The molecule has 4 aromatic rings. The van der Waals surface area contributed by atoms with E-state index in [1.807, 2.05) is 6.07 Å². The second-order valence-electron chi connectivity index (χ2n) is 12.3. The van der Waals surface area contributed by atoms with E-state index in [0.29, 0.717) is 24.3 Å². The van der Waals surface area contributed by atoms with Crippen LogP contribution >= 0.6 is 0 Å². The van der Waals surface area contributed by atoms with Crippen LogP contribution in [-0.4, -0.2) is 69.6 Å². The Balaban J connectivity index is 1.35. The fraction of sp³-hybridized carbons (Fsp3) is 0.400. The average molecular weight is 670 g/mol. The number of hydrogen-bond donors (Lipinski definition) is 1. The lowest BCUT2D eigenvalue weighted by molar-refractivity contribution is -0.384. The number of hydrogen-bond acceptors (Lipinski definition) is 8. The van der Waals surface area contributed by atoms with Crippen molar-refractivity contribution in [1.82, 2.24) is 9.47 Å². The molecule has 10 nitrogen and oxygen atoms in total. The summed E-state index contributed by atoms with van der Waals surface area (Å²) in [4.78, 5) is 24.8. The van der Waals surface area contributed by atoms with E-state index in [-0.39, 0.29) is 54.5 Å². The summed E-state index contributed by atoms with van der Waals surface area (Å²) in [6.45, 7) is 4.89. The van der Waals surface area contributed by atoms with Crippen molar-refractivity contribution < 1.29 is 42.2 Å². The first-order valence-electron chi connectivity index (χ1n) is 15.7. The van der Waals surface area contributed by atoms with Gasteiger partial charge >= 0.3 is 12.1 Å². The van der Waals surface area contributed by atoms with Gasteiger partial charge in [-0.2, -0.15) is 13.2 Å². The number of fused-ring (bicyclic) bond motifs is 1. The van der Waals surface area contributed by atoms with E-state index < -0.39 is 34.8 Å². The molecule has 0 spiro atoms. The lowest BCUT2D eigenvalue weighted by Gasteiger charge is -2.39. The number of halogens is 3. The third-order valence-corrected chi connectivity index (χ3v) is 8.45. The molecule has 0 saturated carbocycles. The van der Waals surface area contributed by atoms with Crippen LogP contribution in [0.5, 0.6) is 11.5 Å². The van der Waals surface area contributed by atoms with E-state index in [9.17, 15) is 33.2 Å². The summed E-state index contributed by atoms with van der Waals surface area (Å²) in [6.07, 6.45) is -3.43. The lowest BCUT2D eigenvalue weighted by atomic mass is 9.91. The van der Waals surface area contributed by atoms with Gasteiger partial charge in [0.1, 0.15) is 6.10 Å². The zero-order chi connectivity index (χ0) is 34.7. The number of rotatable bonds is 12. The summed E-state index contributed by atoms with van der Waals surface area (Å²) in [7, 11) is 0. The number of para-hydroxylation sites is 2. The van der Waals surface area contributed by atoms with E-state index in [0.717, 1.165) is 11.6 Å². The molecule has 5 rings (SSSR count). The molecule has 48 heavy (non-hydrogen) atoms. The van der Waals surface area contributed by atoms with E-state index in [4.69, 9.17) is 14.2 Å². The van der Waals surface area contributed by atoms with Crippen molar-refractivity contribution in [2.75, 3.05) is 26.2 Å². The van der Waals surface area contributed by atoms with Crippen molar-refractivity contribution in [2.24, 2.45) is 0 Å². The fourth-order valence-electron chi connectivity index (χ4n) is 5.90. The molecule has 0 amide bonds. The van der Waals surface area contributed by atoms with Crippen molar-refractivity contribution in [3.05, 3.63) is 100 Å². The SMILES string of the molecule is CCOC(=O)C(C)(C)Oc1ccccc1OC1CCN(CC(O)(c2cn(Cc3ccccc3)c3cc([N+](=O)[O-])ccc23)C(F)(F)F)CC1. The summed E-state index contributed by atoms with van der Waals surface area (Å²) in [5.41, 5.74) is -4.20. The van der Waals surface area contributed by atoms with Crippen LogP contribution in [0.15, 0.2) is 79.0 Å². The van der Waals surface area contributed by atoms with Gasteiger partial charge in [0.15, 0.2) is 17.1 Å². The number of alkyl halides is 3. The maximum absolute atomic E-state index is 14.9. The number of aromatic nitrogens is 1. The minimum atomic E-state index is -5.06. The molecule has 1 atom stereocenters. The third-order valence-electron chi connectivity index (χ3n) is 8.45. The van der Waals surface area contributed by atoms with Crippen molar-refractivity contribution in [3.63, 3.8) is 0 Å². The molecule has 1 fully saturated rings. The molecular weight excluding hydrogens is 631 g/mol.